The van der Waals surface area contributed by atoms with Crippen LogP contribution in [0.1, 0.15) is 57.9 Å². The van der Waals surface area contributed by atoms with Crippen molar-refractivity contribution in [1.82, 2.24) is 9.62 Å². The first-order chi connectivity index (χ1) is 13.8. The van der Waals surface area contributed by atoms with Crippen LogP contribution in [0.3, 0.4) is 0 Å². The van der Waals surface area contributed by atoms with Gasteiger partial charge < -0.3 is 5.32 Å². The van der Waals surface area contributed by atoms with E-state index in [1.54, 1.807) is 18.2 Å². The van der Waals surface area contributed by atoms with Crippen LogP contribution in [0.4, 0.5) is 0 Å². The number of benzene rings is 1. The number of sulfonamides is 1. The highest BCUT2D eigenvalue weighted by molar-refractivity contribution is 7.88. The summed E-state index contributed by atoms with van der Waals surface area (Å²) in [5.41, 5.74) is 0.590. The van der Waals surface area contributed by atoms with Gasteiger partial charge in [-0.25, -0.2) is 12.7 Å². The average molecular weight is 463 g/mol. The Bertz CT molecular complexity index is 786. The second-order valence-corrected chi connectivity index (χ2v) is 10.6. The van der Waals surface area contributed by atoms with Gasteiger partial charge in [-0.2, -0.15) is 0 Å². The zero-order valence-electron chi connectivity index (χ0n) is 17.3. The van der Waals surface area contributed by atoms with Crippen LogP contribution in [-0.4, -0.2) is 38.3 Å². The fourth-order valence-electron chi connectivity index (χ4n) is 3.67. The molecule has 1 amide bonds. The molecule has 0 unspecified atom stereocenters. The highest BCUT2D eigenvalue weighted by Gasteiger charge is 2.32. The van der Waals surface area contributed by atoms with E-state index in [-0.39, 0.29) is 24.1 Å². The Morgan fingerprint density at radius 3 is 2.69 bits per heavy atom. The lowest BCUT2D eigenvalue weighted by molar-refractivity contribution is -0.126. The van der Waals surface area contributed by atoms with Gasteiger partial charge in [0.15, 0.2) is 0 Å². The highest BCUT2D eigenvalue weighted by Crippen LogP contribution is 2.26. The molecule has 8 heteroatoms. The van der Waals surface area contributed by atoms with Gasteiger partial charge in [0.1, 0.15) is 0 Å². The minimum Gasteiger partial charge on any atom is -0.356 e. The maximum atomic E-state index is 12.9. The number of piperidine rings is 1. The molecule has 0 aromatic heterocycles. The summed E-state index contributed by atoms with van der Waals surface area (Å²) >= 11 is 11.9. The number of rotatable bonds is 10. The van der Waals surface area contributed by atoms with Crippen molar-refractivity contribution in [2.45, 2.75) is 58.1 Å². The number of hydrogen-bond donors (Lipinski definition) is 1. The Kier molecular flexibility index (Phi) is 9.73. The van der Waals surface area contributed by atoms with Crippen LogP contribution in [0.25, 0.3) is 0 Å². The molecule has 1 aromatic rings. The van der Waals surface area contributed by atoms with Crippen LogP contribution in [0, 0.1) is 11.8 Å². The number of hydrogen-bond acceptors (Lipinski definition) is 3. The summed E-state index contributed by atoms with van der Waals surface area (Å²) in [6.07, 6.45) is 5.87. The molecule has 5 nitrogen and oxygen atoms in total. The van der Waals surface area contributed by atoms with Gasteiger partial charge in [-0.3, -0.25) is 4.79 Å². The zero-order chi connectivity index (χ0) is 21.4. The van der Waals surface area contributed by atoms with E-state index < -0.39 is 10.0 Å². The molecule has 0 saturated carbocycles. The SMILES string of the molecule is CCCC[C@@H](CC)CNC(=O)[C@H]1CCCN(S(=O)(=O)Cc2ccc(Cl)c(Cl)c2)C1. The van der Waals surface area contributed by atoms with Crippen molar-refractivity contribution in [3.63, 3.8) is 0 Å². The number of amides is 1. The summed E-state index contributed by atoms with van der Waals surface area (Å²) in [6, 6.07) is 4.85. The summed E-state index contributed by atoms with van der Waals surface area (Å²) in [7, 11) is -3.53. The molecule has 1 aliphatic heterocycles. The molecule has 1 heterocycles. The predicted molar refractivity (Wildman–Crippen MR) is 120 cm³/mol. The molecular formula is C21H32Cl2N2O3S. The zero-order valence-corrected chi connectivity index (χ0v) is 19.6. The van der Waals surface area contributed by atoms with E-state index >= 15 is 0 Å². The second-order valence-electron chi connectivity index (χ2n) is 7.86. The van der Waals surface area contributed by atoms with Gasteiger partial charge in [0.25, 0.3) is 0 Å². The van der Waals surface area contributed by atoms with Crippen molar-refractivity contribution in [2.24, 2.45) is 11.8 Å². The maximum absolute atomic E-state index is 12.9. The first kappa shape index (κ1) is 24.4. The normalized spacial score (nSPS) is 19.1. The van der Waals surface area contributed by atoms with Gasteiger partial charge in [0.2, 0.25) is 15.9 Å². The van der Waals surface area contributed by atoms with Crippen LogP contribution >= 0.6 is 23.2 Å². The molecule has 164 valence electrons. The number of carbonyl (C=O) groups excluding carboxylic acids is 1. The van der Waals surface area contributed by atoms with Crippen molar-refractivity contribution in [1.29, 1.82) is 0 Å². The van der Waals surface area contributed by atoms with Crippen LogP contribution in [0.15, 0.2) is 18.2 Å². The van der Waals surface area contributed by atoms with E-state index in [9.17, 15) is 13.2 Å². The Morgan fingerprint density at radius 2 is 2.03 bits per heavy atom. The lowest BCUT2D eigenvalue weighted by Crippen LogP contribution is -2.46. The standard InChI is InChI=1S/C21H32Cl2N2O3S/c1-3-5-7-16(4-2)13-24-21(26)18-8-6-11-25(14-18)29(27,28)15-17-9-10-19(22)20(23)12-17/h9-10,12,16,18H,3-8,11,13-15H2,1-2H3,(H,24,26)/t16-,18+/m1/s1. The van der Waals surface area contributed by atoms with Gasteiger partial charge in [0.05, 0.1) is 21.7 Å². The molecule has 0 bridgehead atoms. The van der Waals surface area contributed by atoms with Gasteiger partial charge in [0, 0.05) is 19.6 Å². The number of halogens is 2. The lowest BCUT2D eigenvalue weighted by atomic mass is 9.96. The Labute approximate surface area is 185 Å². The minimum atomic E-state index is -3.53. The quantitative estimate of drug-likeness (QED) is 0.539. The van der Waals surface area contributed by atoms with E-state index in [1.807, 2.05) is 0 Å². The van der Waals surface area contributed by atoms with E-state index in [4.69, 9.17) is 23.2 Å². The Balaban J connectivity index is 1.94. The van der Waals surface area contributed by atoms with Crippen molar-refractivity contribution < 1.29 is 13.2 Å². The molecular weight excluding hydrogens is 431 g/mol. The third-order valence-corrected chi connectivity index (χ3v) is 8.15. The fraction of sp³-hybridized carbons (Fsp3) is 0.667. The summed E-state index contributed by atoms with van der Waals surface area (Å²) in [6.45, 7) is 5.66. The van der Waals surface area contributed by atoms with Crippen molar-refractivity contribution in [3.8, 4) is 0 Å². The molecule has 1 aliphatic rings. The predicted octanol–water partition coefficient (Wildman–Crippen LogP) is 4.87. The van der Waals surface area contributed by atoms with Crippen molar-refractivity contribution in [2.75, 3.05) is 19.6 Å². The maximum Gasteiger partial charge on any atom is 0.224 e. The first-order valence-corrected chi connectivity index (χ1v) is 12.8. The third kappa shape index (κ3) is 7.42. The highest BCUT2D eigenvalue weighted by atomic mass is 35.5. The topological polar surface area (TPSA) is 66.5 Å². The van der Waals surface area contributed by atoms with E-state index in [0.717, 1.165) is 25.7 Å². The number of carbonyl (C=O) groups is 1. The molecule has 2 rings (SSSR count). The van der Waals surface area contributed by atoms with Crippen LogP contribution in [0.2, 0.25) is 10.0 Å². The molecule has 29 heavy (non-hydrogen) atoms. The van der Waals surface area contributed by atoms with Crippen molar-refractivity contribution in [3.05, 3.63) is 33.8 Å². The molecule has 0 aliphatic carbocycles. The minimum absolute atomic E-state index is 0.0330. The van der Waals surface area contributed by atoms with Crippen molar-refractivity contribution >= 4 is 39.1 Å². The van der Waals surface area contributed by atoms with Gasteiger partial charge in [-0.05, 0) is 42.9 Å². The molecule has 0 spiro atoms. The largest absolute Gasteiger partial charge is 0.356 e. The van der Waals surface area contributed by atoms with E-state index in [1.165, 1.54) is 10.7 Å². The number of nitrogens with one attached hydrogen (secondary N) is 1. The van der Waals surface area contributed by atoms with E-state index in [2.05, 4.69) is 19.2 Å². The first-order valence-electron chi connectivity index (χ1n) is 10.5. The molecule has 1 saturated heterocycles. The number of nitrogens with zero attached hydrogens (tertiary/aromatic N) is 1. The number of unbranched alkanes of at least 4 members (excludes halogenated alkanes) is 1. The fourth-order valence-corrected chi connectivity index (χ4v) is 5.59. The monoisotopic (exact) mass is 462 g/mol. The lowest BCUT2D eigenvalue weighted by Gasteiger charge is -2.31. The second kappa shape index (κ2) is 11.5. The van der Waals surface area contributed by atoms with Gasteiger partial charge in [-0.1, -0.05) is 62.4 Å². The molecule has 1 fully saturated rings. The molecule has 0 radical (unpaired) electrons. The van der Waals surface area contributed by atoms with Gasteiger partial charge >= 0.3 is 0 Å². The summed E-state index contributed by atoms with van der Waals surface area (Å²) in [4.78, 5) is 12.6. The Morgan fingerprint density at radius 1 is 1.28 bits per heavy atom. The average Bonchev–Trinajstić information content (AvgIpc) is 2.70. The van der Waals surface area contributed by atoms with Crippen LogP contribution < -0.4 is 5.32 Å². The molecule has 1 N–H and O–H groups in total. The smallest absolute Gasteiger partial charge is 0.224 e. The van der Waals surface area contributed by atoms with E-state index in [0.29, 0.717) is 41.0 Å². The molecule has 2 atom stereocenters. The van der Waals surface area contributed by atoms with Crippen LogP contribution in [-0.2, 0) is 20.6 Å². The summed E-state index contributed by atoms with van der Waals surface area (Å²) in [5, 5.41) is 3.79. The van der Waals surface area contributed by atoms with Gasteiger partial charge in [-0.15, -0.1) is 0 Å². The third-order valence-electron chi connectivity index (χ3n) is 5.59. The molecule has 1 aromatic carbocycles. The van der Waals surface area contributed by atoms with Crippen LogP contribution in [0.5, 0.6) is 0 Å². The summed E-state index contributed by atoms with van der Waals surface area (Å²) in [5.74, 6) is 0.00930. The summed E-state index contributed by atoms with van der Waals surface area (Å²) < 4.78 is 27.2. The Hall–Kier alpha value is -0.820.